The fourth-order valence-corrected chi connectivity index (χ4v) is 5.02. The van der Waals surface area contributed by atoms with Crippen LogP contribution in [0.4, 0.5) is 5.69 Å². The Balaban J connectivity index is 1.43. The maximum atomic E-state index is 12.9. The lowest BCUT2D eigenvalue weighted by Gasteiger charge is -2.45. The molecule has 1 N–H and O–H groups in total. The highest BCUT2D eigenvalue weighted by Gasteiger charge is 2.34. The molecule has 0 spiro atoms. The quantitative estimate of drug-likeness (QED) is 0.801. The standard InChI is InChI=1S/C21H29N4O3/c1-22(14-16-6-5-12-23-11-3-2-7-18(16)23)21(26)15-24-13-10-17-19(24)8-4-9-20(17)25(27)28/h4,8-10,13,16,18,27H,2-3,5-7,11-12,14-15H2,1H3/q-1/t16-,18+/m0/s1. The summed E-state index contributed by atoms with van der Waals surface area (Å²) in [7, 11) is 1.90. The number of carbonyl (C=O) groups excluding carboxylic acids is 1. The van der Waals surface area contributed by atoms with Gasteiger partial charge in [0, 0.05) is 31.2 Å². The van der Waals surface area contributed by atoms with Crippen LogP contribution in [0.5, 0.6) is 0 Å². The number of likely N-dealkylation sites (N-methyl/N-ethyl adjacent to an activating group) is 1. The first kappa shape index (κ1) is 19.2. The van der Waals surface area contributed by atoms with E-state index in [-0.39, 0.29) is 23.4 Å². The van der Waals surface area contributed by atoms with E-state index >= 15 is 0 Å². The molecule has 0 saturated carbocycles. The van der Waals surface area contributed by atoms with Gasteiger partial charge in [-0.15, -0.1) is 0 Å². The second-order valence-corrected chi connectivity index (χ2v) is 8.20. The van der Waals surface area contributed by atoms with Gasteiger partial charge in [0.15, 0.2) is 0 Å². The fourth-order valence-electron chi connectivity index (χ4n) is 5.02. The van der Waals surface area contributed by atoms with Gasteiger partial charge in [-0.1, -0.05) is 12.5 Å². The van der Waals surface area contributed by atoms with E-state index < -0.39 is 0 Å². The molecule has 0 aliphatic carbocycles. The van der Waals surface area contributed by atoms with Gasteiger partial charge in [-0.05, 0) is 62.9 Å². The second kappa shape index (κ2) is 8.11. The van der Waals surface area contributed by atoms with Crippen LogP contribution in [-0.4, -0.2) is 58.2 Å². The van der Waals surface area contributed by atoms with Crippen molar-refractivity contribution < 1.29 is 10.0 Å². The Morgan fingerprint density at radius 3 is 2.86 bits per heavy atom. The van der Waals surface area contributed by atoms with Crippen LogP contribution in [0, 0.1) is 11.1 Å². The molecular formula is C21H29N4O3-. The minimum Gasteiger partial charge on any atom is -0.733 e. The lowest BCUT2D eigenvalue weighted by Crippen LogP contribution is -2.51. The number of benzene rings is 1. The van der Waals surface area contributed by atoms with E-state index in [0.717, 1.165) is 12.1 Å². The number of hydrogen-bond donors (Lipinski definition) is 1. The maximum Gasteiger partial charge on any atom is 0.242 e. The van der Waals surface area contributed by atoms with Gasteiger partial charge in [-0.3, -0.25) is 10.0 Å². The largest absolute Gasteiger partial charge is 0.733 e. The SMILES string of the molecule is CN(C[C@@H]1CCCN2CCCC[C@H]12)C(=O)Cn1ccc2c(N([O-])O)cccc21. The van der Waals surface area contributed by atoms with E-state index in [1.807, 2.05) is 22.6 Å². The van der Waals surface area contributed by atoms with E-state index in [4.69, 9.17) is 0 Å². The third kappa shape index (κ3) is 3.74. The Bertz CT molecular complexity index is 832. The lowest BCUT2D eigenvalue weighted by atomic mass is 9.83. The van der Waals surface area contributed by atoms with Crippen molar-refractivity contribution in [3.8, 4) is 0 Å². The predicted octanol–water partition coefficient (Wildman–Crippen LogP) is 3.06. The Labute approximate surface area is 165 Å². The van der Waals surface area contributed by atoms with E-state index in [0.29, 0.717) is 17.3 Å². The predicted molar refractivity (Wildman–Crippen MR) is 109 cm³/mol. The number of piperidine rings is 2. The normalized spacial score (nSPS) is 22.8. The van der Waals surface area contributed by atoms with Gasteiger partial charge >= 0.3 is 0 Å². The molecule has 2 saturated heterocycles. The number of rotatable bonds is 5. The topological polar surface area (TPSA) is 75.0 Å². The van der Waals surface area contributed by atoms with Crippen LogP contribution in [0.25, 0.3) is 10.9 Å². The van der Waals surface area contributed by atoms with Gasteiger partial charge in [0.25, 0.3) is 0 Å². The fraction of sp³-hybridized carbons (Fsp3) is 0.571. The van der Waals surface area contributed by atoms with E-state index in [1.54, 1.807) is 24.4 Å². The lowest BCUT2D eigenvalue weighted by molar-refractivity contribution is -0.131. The summed E-state index contributed by atoms with van der Waals surface area (Å²) in [5, 5.41) is 21.1. The highest BCUT2D eigenvalue weighted by molar-refractivity contribution is 5.93. The molecule has 0 radical (unpaired) electrons. The number of aromatic nitrogens is 1. The summed E-state index contributed by atoms with van der Waals surface area (Å²) in [5.41, 5.74) is 0.960. The van der Waals surface area contributed by atoms with Crippen molar-refractivity contribution in [1.29, 1.82) is 0 Å². The molecule has 2 aliphatic rings. The van der Waals surface area contributed by atoms with Gasteiger partial charge in [0.2, 0.25) is 5.91 Å². The van der Waals surface area contributed by atoms with E-state index in [2.05, 4.69) is 4.90 Å². The number of anilines is 1. The van der Waals surface area contributed by atoms with Gasteiger partial charge in [0.05, 0.1) is 11.2 Å². The van der Waals surface area contributed by atoms with Crippen molar-refractivity contribution in [1.82, 2.24) is 14.4 Å². The molecule has 2 atom stereocenters. The summed E-state index contributed by atoms with van der Waals surface area (Å²) < 4.78 is 1.84. The first-order chi connectivity index (χ1) is 13.5. The minimum absolute atomic E-state index is 0.0683. The first-order valence-corrected chi connectivity index (χ1v) is 10.3. The summed E-state index contributed by atoms with van der Waals surface area (Å²) in [6.07, 6.45) is 8.08. The molecule has 1 aromatic carbocycles. The first-order valence-electron chi connectivity index (χ1n) is 10.3. The third-order valence-corrected chi connectivity index (χ3v) is 6.47. The van der Waals surface area contributed by atoms with Crippen molar-refractivity contribution in [2.24, 2.45) is 5.92 Å². The van der Waals surface area contributed by atoms with Crippen LogP contribution in [0.1, 0.15) is 32.1 Å². The van der Waals surface area contributed by atoms with Crippen LogP contribution in [0.2, 0.25) is 0 Å². The van der Waals surface area contributed by atoms with Crippen molar-refractivity contribution in [2.75, 3.05) is 31.9 Å². The molecule has 2 aliphatic heterocycles. The zero-order valence-corrected chi connectivity index (χ0v) is 16.5. The molecule has 7 nitrogen and oxygen atoms in total. The van der Waals surface area contributed by atoms with Crippen LogP contribution >= 0.6 is 0 Å². The second-order valence-electron chi connectivity index (χ2n) is 8.20. The summed E-state index contributed by atoms with van der Waals surface area (Å²) >= 11 is 0. The number of hydrogen-bond acceptors (Lipinski definition) is 5. The summed E-state index contributed by atoms with van der Waals surface area (Å²) in [6.45, 7) is 3.44. The molecule has 0 bridgehead atoms. The number of nitrogens with zero attached hydrogens (tertiary/aromatic N) is 4. The highest BCUT2D eigenvalue weighted by Crippen LogP contribution is 2.31. The molecule has 1 amide bonds. The molecule has 7 heteroatoms. The number of amides is 1. The zero-order valence-electron chi connectivity index (χ0n) is 16.5. The number of fused-ring (bicyclic) bond motifs is 2. The maximum absolute atomic E-state index is 12.9. The Morgan fingerprint density at radius 2 is 2.04 bits per heavy atom. The molecule has 0 unspecified atom stereocenters. The molecule has 2 fully saturated rings. The van der Waals surface area contributed by atoms with Crippen LogP contribution in [0.3, 0.4) is 0 Å². The molecule has 152 valence electrons. The van der Waals surface area contributed by atoms with Crippen molar-refractivity contribution >= 4 is 22.5 Å². The van der Waals surface area contributed by atoms with Crippen molar-refractivity contribution in [3.05, 3.63) is 35.7 Å². The zero-order chi connectivity index (χ0) is 19.7. The molecule has 28 heavy (non-hydrogen) atoms. The van der Waals surface area contributed by atoms with Crippen molar-refractivity contribution in [2.45, 2.75) is 44.7 Å². The van der Waals surface area contributed by atoms with Crippen LogP contribution in [0.15, 0.2) is 30.5 Å². The monoisotopic (exact) mass is 385 g/mol. The van der Waals surface area contributed by atoms with Crippen molar-refractivity contribution in [3.63, 3.8) is 0 Å². The summed E-state index contributed by atoms with van der Waals surface area (Å²) in [5.74, 6) is 0.623. The molecule has 4 rings (SSSR count). The van der Waals surface area contributed by atoms with Gasteiger partial charge in [0.1, 0.15) is 6.54 Å². The Kier molecular flexibility index (Phi) is 5.57. The average molecular weight is 385 g/mol. The Morgan fingerprint density at radius 1 is 1.21 bits per heavy atom. The minimum atomic E-state index is -0.125. The number of carbonyl (C=O) groups is 1. The highest BCUT2D eigenvalue weighted by atomic mass is 16.8. The molecule has 1 aromatic heterocycles. The molecular weight excluding hydrogens is 356 g/mol. The van der Waals surface area contributed by atoms with Gasteiger partial charge in [-0.2, -0.15) is 0 Å². The van der Waals surface area contributed by atoms with E-state index in [1.165, 1.54) is 45.2 Å². The smallest absolute Gasteiger partial charge is 0.242 e. The van der Waals surface area contributed by atoms with Gasteiger partial charge in [-0.25, -0.2) is 0 Å². The summed E-state index contributed by atoms with van der Waals surface area (Å²) in [6, 6.07) is 7.52. The Hall–Kier alpha value is -2.09. The molecule has 2 aromatic rings. The molecule has 3 heterocycles. The average Bonchev–Trinajstić information content (AvgIpc) is 3.11. The van der Waals surface area contributed by atoms with Crippen LogP contribution in [-0.2, 0) is 11.3 Å². The van der Waals surface area contributed by atoms with Gasteiger partial charge < -0.3 is 24.8 Å². The summed E-state index contributed by atoms with van der Waals surface area (Å²) in [4.78, 5) is 17.4. The van der Waals surface area contributed by atoms with Crippen LogP contribution < -0.4 is 5.23 Å². The van der Waals surface area contributed by atoms with E-state index in [9.17, 15) is 15.2 Å². The third-order valence-electron chi connectivity index (χ3n) is 6.47.